The third-order valence-electron chi connectivity index (χ3n) is 2.39. The Balaban J connectivity index is 2.76. The van der Waals surface area contributed by atoms with Crippen LogP contribution in [0.1, 0.15) is 26.3 Å². The Morgan fingerprint density at radius 3 is 2.38 bits per heavy atom. The van der Waals surface area contributed by atoms with Crippen molar-refractivity contribution in [3.8, 4) is 5.75 Å². The standard InChI is InChI=1S/C13H19NO2/c1-13(2,3)12(16)14(4)9-10-7-5-6-8-11(10)15/h5-8,15H,9H2,1-4H3. The fourth-order valence-corrected chi connectivity index (χ4v) is 1.54. The van der Waals surface area contributed by atoms with E-state index in [0.717, 1.165) is 5.56 Å². The van der Waals surface area contributed by atoms with Crippen molar-refractivity contribution in [3.05, 3.63) is 29.8 Å². The summed E-state index contributed by atoms with van der Waals surface area (Å²) in [5.74, 6) is 0.298. The van der Waals surface area contributed by atoms with Gasteiger partial charge in [-0.3, -0.25) is 4.79 Å². The van der Waals surface area contributed by atoms with E-state index in [1.54, 1.807) is 24.1 Å². The zero-order valence-corrected chi connectivity index (χ0v) is 10.3. The molecule has 1 N–H and O–H groups in total. The molecule has 3 heteroatoms. The Kier molecular flexibility index (Phi) is 3.58. The minimum Gasteiger partial charge on any atom is -0.508 e. The lowest BCUT2D eigenvalue weighted by molar-refractivity contribution is -0.138. The zero-order chi connectivity index (χ0) is 12.3. The van der Waals surface area contributed by atoms with Crippen LogP contribution in [0.15, 0.2) is 24.3 Å². The van der Waals surface area contributed by atoms with Crippen molar-refractivity contribution < 1.29 is 9.90 Å². The summed E-state index contributed by atoms with van der Waals surface area (Å²) in [6.07, 6.45) is 0. The van der Waals surface area contributed by atoms with Gasteiger partial charge in [0.25, 0.3) is 0 Å². The van der Waals surface area contributed by atoms with Gasteiger partial charge in [0.2, 0.25) is 5.91 Å². The van der Waals surface area contributed by atoms with Crippen molar-refractivity contribution in [2.45, 2.75) is 27.3 Å². The van der Waals surface area contributed by atoms with E-state index >= 15 is 0 Å². The minimum atomic E-state index is -0.390. The van der Waals surface area contributed by atoms with E-state index in [9.17, 15) is 9.90 Å². The van der Waals surface area contributed by atoms with Gasteiger partial charge < -0.3 is 10.0 Å². The summed E-state index contributed by atoms with van der Waals surface area (Å²) >= 11 is 0. The maximum Gasteiger partial charge on any atom is 0.227 e. The van der Waals surface area contributed by atoms with Crippen molar-refractivity contribution >= 4 is 5.91 Å². The number of aromatic hydroxyl groups is 1. The molecule has 3 nitrogen and oxygen atoms in total. The van der Waals surface area contributed by atoms with Crippen LogP contribution in [0.25, 0.3) is 0 Å². The van der Waals surface area contributed by atoms with E-state index < -0.39 is 0 Å². The Bertz CT molecular complexity index is 380. The summed E-state index contributed by atoms with van der Waals surface area (Å²) in [6, 6.07) is 7.07. The van der Waals surface area contributed by atoms with Gasteiger partial charge in [0.15, 0.2) is 0 Å². The number of phenolic OH excluding ortho intramolecular Hbond substituents is 1. The number of nitrogens with zero attached hydrogens (tertiary/aromatic N) is 1. The number of carbonyl (C=O) groups excluding carboxylic acids is 1. The maximum atomic E-state index is 11.9. The third kappa shape index (κ3) is 2.99. The first-order valence-electron chi connectivity index (χ1n) is 5.35. The van der Waals surface area contributed by atoms with E-state index in [2.05, 4.69) is 0 Å². The van der Waals surface area contributed by atoms with E-state index in [-0.39, 0.29) is 17.1 Å². The summed E-state index contributed by atoms with van der Waals surface area (Å²) in [4.78, 5) is 13.6. The molecule has 1 aromatic carbocycles. The molecule has 0 aliphatic rings. The molecule has 1 rings (SSSR count). The fourth-order valence-electron chi connectivity index (χ4n) is 1.54. The molecule has 0 unspecified atom stereocenters. The van der Waals surface area contributed by atoms with Crippen LogP contribution in [0.2, 0.25) is 0 Å². The predicted molar refractivity (Wildman–Crippen MR) is 64.0 cm³/mol. The number of hydrogen-bond donors (Lipinski definition) is 1. The molecule has 88 valence electrons. The summed E-state index contributed by atoms with van der Waals surface area (Å²) < 4.78 is 0. The SMILES string of the molecule is CN(Cc1ccccc1O)C(=O)C(C)(C)C. The molecule has 1 amide bonds. The summed E-state index contributed by atoms with van der Waals surface area (Å²) in [5, 5.41) is 9.61. The lowest BCUT2D eigenvalue weighted by Crippen LogP contribution is -2.36. The summed E-state index contributed by atoms with van der Waals surface area (Å²) in [7, 11) is 1.75. The maximum absolute atomic E-state index is 11.9. The minimum absolute atomic E-state index is 0.0655. The normalized spacial score (nSPS) is 11.2. The molecule has 16 heavy (non-hydrogen) atoms. The summed E-state index contributed by atoms with van der Waals surface area (Å²) in [5.41, 5.74) is 0.377. The Morgan fingerprint density at radius 2 is 1.88 bits per heavy atom. The lowest BCUT2D eigenvalue weighted by Gasteiger charge is -2.26. The quantitative estimate of drug-likeness (QED) is 0.833. The number of phenols is 1. The monoisotopic (exact) mass is 221 g/mol. The molecular formula is C13H19NO2. The van der Waals surface area contributed by atoms with Crippen LogP contribution in [0.3, 0.4) is 0 Å². The van der Waals surface area contributed by atoms with Crippen LogP contribution in [-0.4, -0.2) is 23.0 Å². The van der Waals surface area contributed by atoms with Gasteiger partial charge in [-0.15, -0.1) is 0 Å². The Morgan fingerprint density at radius 1 is 1.31 bits per heavy atom. The highest BCUT2D eigenvalue weighted by Crippen LogP contribution is 2.21. The first-order valence-corrected chi connectivity index (χ1v) is 5.35. The highest BCUT2D eigenvalue weighted by atomic mass is 16.3. The molecule has 0 saturated carbocycles. The van der Waals surface area contributed by atoms with E-state index in [0.29, 0.717) is 6.54 Å². The molecule has 0 fully saturated rings. The van der Waals surface area contributed by atoms with Gasteiger partial charge in [-0.2, -0.15) is 0 Å². The van der Waals surface area contributed by atoms with Gasteiger partial charge in [0.1, 0.15) is 5.75 Å². The van der Waals surface area contributed by atoms with E-state index in [4.69, 9.17) is 0 Å². The third-order valence-corrected chi connectivity index (χ3v) is 2.39. The Labute approximate surface area is 96.7 Å². The number of carbonyl (C=O) groups is 1. The van der Waals surface area contributed by atoms with Crippen LogP contribution in [0.4, 0.5) is 0 Å². The second-order valence-corrected chi connectivity index (χ2v) is 5.04. The van der Waals surface area contributed by atoms with Gasteiger partial charge in [-0.25, -0.2) is 0 Å². The molecule has 0 spiro atoms. The zero-order valence-electron chi connectivity index (χ0n) is 10.3. The lowest BCUT2D eigenvalue weighted by atomic mass is 9.95. The largest absolute Gasteiger partial charge is 0.508 e. The van der Waals surface area contributed by atoms with Crippen molar-refractivity contribution in [1.29, 1.82) is 0 Å². The molecule has 0 aliphatic carbocycles. The fraction of sp³-hybridized carbons (Fsp3) is 0.462. The number of benzene rings is 1. The average molecular weight is 221 g/mol. The average Bonchev–Trinajstić information content (AvgIpc) is 2.19. The predicted octanol–water partition coefficient (Wildman–Crippen LogP) is 2.40. The van der Waals surface area contributed by atoms with Gasteiger partial charge in [0.05, 0.1) is 0 Å². The van der Waals surface area contributed by atoms with Crippen molar-refractivity contribution in [3.63, 3.8) is 0 Å². The molecule has 0 saturated heterocycles. The van der Waals surface area contributed by atoms with Crippen molar-refractivity contribution in [2.75, 3.05) is 7.05 Å². The molecule has 0 aromatic heterocycles. The Hall–Kier alpha value is -1.51. The molecule has 0 heterocycles. The van der Waals surface area contributed by atoms with E-state index in [1.165, 1.54) is 0 Å². The highest BCUT2D eigenvalue weighted by molar-refractivity contribution is 5.81. The highest BCUT2D eigenvalue weighted by Gasteiger charge is 2.25. The van der Waals surface area contributed by atoms with Crippen LogP contribution in [0, 0.1) is 5.41 Å². The molecular weight excluding hydrogens is 202 g/mol. The van der Waals surface area contributed by atoms with Gasteiger partial charge >= 0.3 is 0 Å². The second-order valence-electron chi connectivity index (χ2n) is 5.04. The molecule has 0 bridgehead atoms. The van der Waals surface area contributed by atoms with Gasteiger partial charge in [-0.1, -0.05) is 39.0 Å². The van der Waals surface area contributed by atoms with Crippen LogP contribution >= 0.6 is 0 Å². The van der Waals surface area contributed by atoms with Crippen LogP contribution in [0.5, 0.6) is 5.75 Å². The van der Waals surface area contributed by atoms with Crippen molar-refractivity contribution in [1.82, 2.24) is 4.90 Å². The van der Waals surface area contributed by atoms with Crippen LogP contribution < -0.4 is 0 Å². The second kappa shape index (κ2) is 4.56. The molecule has 0 radical (unpaired) electrons. The number of para-hydroxylation sites is 1. The summed E-state index contributed by atoms with van der Waals surface area (Å²) in [6.45, 7) is 6.09. The van der Waals surface area contributed by atoms with Gasteiger partial charge in [-0.05, 0) is 6.07 Å². The van der Waals surface area contributed by atoms with Gasteiger partial charge in [0, 0.05) is 24.6 Å². The number of rotatable bonds is 2. The van der Waals surface area contributed by atoms with Crippen molar-refractivity contribution in [2.24, 2.45) is 5.41 Å². The molecule has 0 aliphatic heterocycles. The first-order chi connectivity index (χ1) is 7.32. The van der Waals surface area contributed by atoms with E-state index in [1.807, 2.05) is 32.9 Å². The first kappa shape index (κ1) is 12.6. The smallest absolute Gasteiger partial charge is 0.227 e. The number of hydrogen-bond acceptors (Lipinski definition) is 2. The molecule has 1 aromatic rings. The van der Waals surface area contributed by atoms with Crippen LogP contribution in [-0.2, 0) is 11.3 Å². The number of amides is 1. The topological polar surface area (TPSA) is 40.5 Å². The molecule has 0 atom stereocenters.